The number of rotatable bonds is 5. The fourth-order valence-electron chi connectivity index (χ4n) is 3.17. The molecule has 1 aliphatic heterocycles. The minimum absolute atomic E-state index is 0.0647. The quantitative estimate of drug-likeness (QED) is 0.473. The highest BCUT2D eigenvalue weighted by Crippen LogP contribution is 2.33. The van der Waals surface area contributed by atoms with Gasteiger partial charge in [-0.25, -0.2) is 0 Å². The third kappa shape index (κ3) is 4.11. The molecule has 0 saturated carbocycles. The van der Waals surface area contributed by atoms with E-state index in [1.54, 1.807) is 12.1 Å². The summed E-state index contributed by atoms with van der Waals surface area (Å²) in [5, 5.41) is 14.6. The summed E-state index contributed by atoms with van der Waals surface area (Å²) in [7, 11) is 0. The Morgan fingerprint density at radius 1 is 1.27 bits per heavy atom. The lowest BCUT2D eigenvalue weighted by molar-refractivity contribution is -0.384. The van der Waals surface area contributed by atoms with Gasteiger partial charge in [-0.15, -0.1) is 0 Å². The third-order valence-electron chi connectivity index (χ3n) is 4.42. The second-order valence-corrected chi connectivity index (χ2v) is 6.47. The molecule has 0 radical (unpaired) electrons. The maximum Gasteiger partial charge on any atom is 0.269 e. The molecule has 0 amide bonds. The van der Waals surface area contributed by atoms with Crippen molar-refractivity contribution in [2.75, 3.05) is 18.5 Å². The molecule has 0 unspecified atom stereocenters. The molecular weight excluding hydrogens is 350 g/mol. The van der Waals surface area contributed by atoms with E-state index in [1.807, 2.05) is 19.1 Å². The molecule has 1 N–H and O–H groups in total. The Morgan fingerprint density at radius 2 is 1.96 bits per heavy atom. The number of nitrogens with one attached hydrogen (secondary N) is 1. The smallest absolute Gasteiger partial charge is 0.269 e. The standard InChI is InChI=1S/C19H21N3O3S/c1-2-25-17-11-5-14(6-12-17)18-4-3-13-21(18)19(26)20-15-7-9-16(10-8-15)22(23)24/h5-12,18H,2-4,13H2,1H3,(H,20,26)/t18-/m0/s1. The number of nitro benzene ring substituents is 1. The van der Waals surface area contributed by atoms with Crippen LogP contribution in [0.25, 0.3) is 0 Å². The lowest BCUT2D eigenvalue weighted by Gasteiger charge is -2.28. The number of ether oxygens (including phenoxy) is 1. The van der Waals surface area contributed by atoms with Crippen molar-refractivity contribution in [1.82, 2.24) is 4.90 Å². The summed E-state index contributed by atoms with van der Waals surface area (Å²) in [6.45, 7) is 3.50. The van der Waals surface area contributed by atoms with E-state index in [0.29, 0.717) is 11.7 Å². The van der Waals surface area contributed by atoms with Crippen LogP contribution >= 0.6 is 12.2 Å². The van der Waals surface area contributed by atoms with Crippen molar-refractivity contribution in [3.8, 4) is 5.75 Å². The zero-order chi connectivity index (χ0) is 18.5. The van der Waals surface area contributed by atoms with Crippen molar-refractivity contribution in [2.24, 2.45) is 0 Å². The van der Waals surface area contributed by atoms with Crippen molar-refractivity contribution >= 4 is 28.7 Å². The molecule has 1 fully saturated rings. The number of thiocarbonyl (C=S) groups is 1. The average Bonchev–Trinajstić information content (AvgIpc) is 3.13. The first-order valence-electron chi connectivity index (χ1n) is 8.63. The summed E-state index contributed by atoms with van der Waals surface area (Å²) in [6.07, 6.45) is 2.11. The van der Waals surface area contributed by atoms with Crippen molar-refractivity contribution < 1.29 is 9.66 Å². The van der Waals surface area contributed by atoms with E-state index in [2.05, 4.69) is 22.3 Å². The van der Waals surface area contributed by atoms with Crippen LogP contribution in [0.2, 0.25) is 0 Å². The van der Waals surface area contributed by atoms with Gasteiger partial charge in [-0.05, 0) is 61.8 Å². The zero-order valence-corrected chi connectivity index (χ0v) is 15.4. The zero-order valence-electron chi connectivity index (χ0n) is 14.6. The molecule has 1 atom stereocenters. The SMILES string of the molecule is CCOc1ccc([C@@H]2CCCN2C(=S)Nc2ccc([N+](=O)[O-])cc2)cc1. The van der Waals surface area contributed by atoms with Gasteiger partial charge in [0, 0.05) is 24.4 Å². The van der Waals surface area contributed by atoms with Crippen molar-refractivity contribution in [3.63, 3.8) is 0 Å². The number of non-ortho nitro benzene ring substituents is 1. The molecule has 2 aromatic carbocycles. The fraction of sp³-hybridized carbons (Fsp3) is 0.316. The number of nitro groups is 1. The second kappa shape index (κ2) is 8.14. The molecule has 1 aliphatic rings. The van der Waals surface area contributed by atoms with Gasteiger partial charge in [0.15, 0.2) is 5.11 Å². The summed E-state index contributed by atoms with van der Waals surface area (Å²) in [5.41, 5.74) is 2.02. The number of nitrogens with zero attached hydrogens (tertiary/aromatic N) is 2. The molecular formula is C19H21N3O3S. The van der Waals surface area contributed by atoms with E-state index < -0.39 is 4.92 Å². The summed E-state index contributed by atoms with van der Waals surface area (Å²) in [5.74, 6) is 0.868. The van der Waals surface area contributed by atoms with Crippen LogP contribution in [0, 0.1) is 10.1 Å². The van der Waals surface area contributed by atoms with Crippen LogP contribution in [0.1, 0.15) is 31.4 Å². The fourth-order valence-corrected chi connectivity index (χ4v) is 3.51. The molecule has 7 heteroatoms. The maximum absolute atomic E-state index is 10.8. The normalized spacial score (nSPS) is 16.3. The van der Waals surface area contributed by atoms with Gasteiger partial charge in [-0.2, -0.15) is 0 Å². The van der Waals surface area contributed by atoms with Gasteiger partial charge in [-0.3, -0.25) is 10.1 Å². The van der Waals surface area contributed by atoms with Gasteiger partial charge in [0.05, 0.1) is 17.6 Å². The molecule has 1 saturated heterocycles. The van der Waals surface area contributed by atoms with Crippen LogP contribution in [0.4, 0.5) is 11.4 Å². The van der Waals surface area contributed by atoms with Gasteiger partial charge >= 0.3 is 0 Å². The number of hydrogen-bond donors (Lipinski definition) is 1. The first kappa shape index (κ1) is 18.1. The highest BCUT2D eigenvalue weighted by Gasteiger charge is 2.28. The Kier molecular flexibility index (Phi) is 5.68. The van der Waals surface area contributed by atoms with Gasteiger partial charge in [-0.1, -0.05) is 12.1 Å². The Morgan fingerprint density at radius 3 is 2.58 bits per heavy atom. The van der Waals surface area contributed by atoms with E-state index in [9.17, 15) is 10.1 Å². The second-order valence-electron chi connectivity index (χ2n) is 6.09. The van der Waals surface area contributed by atoms with Gasteiger partial charge in [0.1, 0.15) is 5.75 Å². The van der Waals surface area contributed by atoms with Crippen molar-refractivity contribution in [3.05, 3.63) is 64.2 Å². The summed E-state index contributed by atoms with van der Waals surface area (Å²) >= 11 is 5.58. The van der Waals surface area contributed by atoms with Gasteiger partial charge in [0.25, 0.3) is 5.69 Å². The predicted octanol–water partition coefficient (Wildman–Crippen LogP) is 4.53. The topological polar surface area (TPSA) is 67.6 Å². The van der Waals surface area contributed by atoms with E-state index >= 15 is 0 Å². The summed E-state index contributed by atoms with van der Waals surface area (Å²) in [6, 6.07) is 14.7. The van der Waals surface area contributed by atoms with Gasteiger partial charge < -0.3 is 15.0 Å². The molecule has 6 nitrogen and oxygen atoms in total. The Bertz CT molecular complexity index is 778. The molecule has 0 aromatic heterocycles. The van der Waals surface area contributed by atoms with Crippen LogP contribution in [-0.2, 0) is 0 Å². The predicted molar refractivity (Wildman–Crippen MR) is 106 cm³/mol. The van der Waals surface area contributed by atoms with E-state index in [-0.39, 0.29) is 11.7 Å². The Balaban J connectivity index is 1.68. The lowest BCUT2D eigenvalue weighted by atomic mass is 10.0. The number of hydrogen-bond acceptors (Lipinski definition) is 4. The van der Waals surface area contributed by atoms with Crippen molar-refractivity contribution in [1.29, 1.82) is 0 Å². The summed E-state index contributed by atoms with van der Waals surface area (Å²) in [4.78, 5) is 12.5. The van der Waals surface area contributed by atoms with Crippen LogP contribution in [0.3, 0.4) is 0 Å². The summed E-state index contributed by atoms with van der Waals surface area (Å²) < 4.78 is 5.50. The molecule has 2 aromatic rings. The van der Waals surface area contributed by atoms with E-state index in [1.165, 1.54) is 17.7 Å². The third-order valence-corrected chi connectivity index (χ3v) is 4.76. The number of likely N-dealkylation sites (tertiary alicyclic amines) is 1. The monoisotopic (exact) mass is 371 g/mol. The Hall–Kier alpha value is -2.67. The molecule has 26 heavy (non-hydrogen) atoms. The number of benzene rings is 2. The Labute approximate surface area is 157 Å². The van der Waals surface area contributed by atoms with Gasteiger partial charge in [0.2, 0.25) is 0 Å². The average molecular weight is 371 g/mol. The lowest BCUT2D eigenvalue weighted by Crippen LogP contribution is -2.34. The first-order chi connectivity index (χ1) is 12.6. The highest BCUT2D eigenvalue weighted by atomic mass is 32.1. The molecule has 3 rings (SSSR count). The van der Waals surface area contributed by atoms with Crippen LogP contribution in [0.15, 0.2) is 48.5 Å². The molecule has 0 aliphatic carbocycles. The highest BCUT2D eigenvalue weighted by molar-refractivity contribution is 7.80. The largest absolute Gasteiger partial charge is 0.494 e. The molecule has 0 spiro atoms. The maximum atomic E-state index is 10.8. The van der Waals surface area contributed by atoms with Crippen LogP contribution < -0.4 is 10.1 Å². The molecule has 1 heterocycles. The van der Waals surface area contributed by atoms with Crippen LogP contribution in [0.5, 0.6) is 5.75 Å². The van der Waals surface area contributed by atoms with Crippen LogP contribution in [-0.4, -0.2) is 28.1 Å². The van der Waals surface area contributed by atoms with E-state index in [0.717, 1.165) is 30.8 Å². The van der Waals surface area contributed by atoms with E-state index in [4.69, 9.17) is 17.0 Å². The molecule has 136 valence electrons. The minimum Gasteiger partial charge on any atom is -0.494 e. The number of anilines is 1. The van der Waals surface area contributed by atoms with Crippen molar-refractivity contribution in [2.45, 2.75) is 25.8 Å². The minimum atomic E-state index is -0.412. The first-order valence-corrected chi connectivity index (χ1v) is 9.04. The molecule has 0 bridgehead atoms.